The molecule has 0 spiro atoms. The Morgan fingerprint density at radius 3 is 2.67 bits per heavy atom. The molecule has 0 radical (unpaired) electrons. The van der Waals surface area contributed by atoms with Gasteiger partial charge in [-0.25, -0.2) is 0 Å². The van der Waals surface area contributed by atoms with E-state index in [1.54, 1.807) is 11.1 Å². The van der Waals surface area contributed by atoms with Crippen LogP contribution in [0, 0.1) is 0 Å². The van der Waals surface area contributed by atoms with Gasteiger partial charge in [0.2, 0.25) is 0 Å². The number of hydrogen-bond donors (Lipinski definition) is 2. The molecule has 68 valence electrons. The Morgan fingerprint density at radius 1 is 1.75 bits per heavy atom. The van der Waals surface area contributed by atoms with Gasteiger partial charge < -0.3 is 15.6 Å². The van der Waals surface area contributed by atoms with Crippen LogP contribution in [0.2, 0.25) is 0 Å². The molecule has 0 bridgehead atoms. The maximum atomic E-state index is 9.23. The van der Waals surface area contributed by atoms with Gasteiger partial charge in [0.15, 0.2) is 6.29 Å². The summed E-state index contributed by atoms with van der Waals surface area (Å²) in [5.41, 5.74) is 6.43. The van der Waals surface area contributed by atoms with Crippen molar-refractivity contribution < 1.29 is 9.84 Å². The standard InChI is InChI=1S/C8H12BrNO2/c1-3-6(8(11)12-2)7(10)4-5-9/h3-5,8,11H,1,10H2,2H3/b5-4+,7-6-. The molecule has 0 saturated heterocycles. The van der Waals surface area contributed by atoms with Gasteiger partial charge in [-0.1, -0.05) is 28.6 Å². The van der Waals surface area contributed by atoms with Gasteiger partial charge in [-0.15, -0.1) is 0 Å². The highest BCUT2D eigenvalue weighted by Crippen LogP contribution is 2.09. The van der Waals surface area contributed by atoms with Crippen LogP contribution in [0.1, 0.15) is 0 Å². The second kappa shape index (κ2) is 5.99. The van der Waals surface area contributed by atoms with Crippen LogP contribution in [0.4, 0.5) is 0 Å². The number of nitrogens with two attached hydrogens (primary N) is 1. The normalized spacial score (nSPS) is 15.9. The fraction of sp³-hybridized carbons (Fsp3) is 0.250. The van der Waals surface area contributed by atoms with Crippen molar-refractivity contribution in [2.24, 2.45) is 5.73 Å². The Labute approximate surface area is 80.3 Å². The highest BCUT2D eigenvalue weighted by molar-refractivity contribution is 9.11. The van der Waals surface area contributed by atoms with Crippen LogP contribution < -0.4 is 5.73 Å². The van der Waals surface area contributed by atoms with Gasteiger partial charge in [0.1, 0.15) is 0 Å². The number of hydrogen-bond acceptors (Lipinski definition) is 3. The number of aliphatic hydroxyl groups is 1. The van der Waals surface area contributed by atoms with Crippen molar-refractivity contribution >= 4 is 15.9 Å². The lowest BCUT2D eigenvalue weighted by Gasteiger charge is -2.10. The summed E-state index contributed by atoms with van der Waals surface area (Å²) in [5, 5.41) is 9.23. The molecule has 0 aliphatic rings. The van der Waals surface area contributed by atoms with E-state index in [4.69, 9.17) is 5.73 Å². The summed E-state index contributed by atoms with van der Waals surface area (Å²) in [5.74, 6) is 0. The predicted octanol–water partition coefficient (Wildman–Crippen LogP) is 1.26. The molecule has 0 aliphatic carbocycles. The zero-order valence-electron chi connectivity index (χ0n) is 6.83. The van der Waals surface area contributed by atoms with Crippen LogP contribution in [0.15, 0.2) is 35.0 Å². The quantitative estimate of drug-likeness (QED) is 0.568. The van der Waals surface area contributed by atoms with E-state index in [1.807, 2.05) is 0 Å². The lowest BCUT2D eigenvalue weighted by Crippen LogP contribution is -2.15. The largest absolute Gasteiger partial charge is 0.398 e. The molecule has 1 atom stereocenters. The van der Waals surface area contributed by atoms with Crippen LogP contribution in [-0.2, 0) is 4.74 Å². The molecule has 0 saturated carbocycles. The van der Waals surface area contributed by atoms with Gasteiger partial charge >= 0.3 is 0 Å². The third-order valence-corrected chi connectivity index (χ3v) is 1.55. The third-order valence-electron chi connectivity index (χ3n) is 1.29. The average Bonchev–Trinajstić information content (AvgIpc) is 2.06. The first kappa shape index (κ1) is 11.4. The number of halogens is 1. The zero-order chi connectivity index (χ0) is 9.56. The average molecular weight is 234 g/mol. The minimum Gasteiger partial charge on any atom is -0.398 e. The number of ether oxygens (including phenoxy) is 1. The second-order valence-electron chi connectivity index (χ2n) is 2.00. The van der Waals surface area contributed by atoms with Crippen molar-refractivity contribution in [3.63, 3.8) is 0 Å². The van der Waals surface area contributed by atoms with Gasteiger partial charge in [-0.3, -0.25) is 0 Å². The first-order valence-corrected chi connectivity index (χ1v) is 4.18. The van der Waals surface area contributed by atoms with Crippen LogP contribution in [0.25, 0.3) is 0 Å². The van der Waals surface area contributed by atoms with Gasteiger partial charge in [0.05, 0.1) is 0 Å². The second-order valence-corrected chi connectivity index (χ2v) is 2.52. The van der Waals surface area contributed by atoms with Crippen molar-refractivity contribution in [2.75, 3.05) is 7.11 Å². The van der Waals surface area contributed by atoms with Gasteiger partial charge in [-0.2, -0.15) is 0 Å². The van der Waals surface area contributed by atoms with E-state index >= 15 is 0 Å². The predicted molar refractivity (Wildman–Crippen MR) is 52.5 cm³/mol. The molecule has 3 N–H and O–H groups in total. The highest BCUT2D eigenvalue weighted by Gasteiger charge is 2.07. The SMILES string of the molecule is C=C/C(=C(N)\C=C\Br)C(O)OC. The lowest BCUT2D eigenvalue weighted by atomic mass is 10.2. The summed E-state index contributed by atoms with van der Waals surface area (Å²) in [6.45, 7) is 3.51. The topological polar surface area (TPSA) is 55.5 Å². The summed E-state index contributed by atoms with van der Waals surface area (Å²) in [6.07, 6.45) is 2.03. The van der Waals surface area contributed by atoms with Crippen LogP contribution >= 0.6 is 15.9 Å². The molecule has 12 heavy (non-hydrogen) atoms. The van der Waals surface area contributed by atoms with E-state index < -0.39 is 6.29 Å². The molecular formula is C8H12BrNO2. The summed E-state index contributed by atoms with van der Waals surface area (Å²) < 4.78 is 4.67. The Kier molecular flexibility index (Phi) is 5.70. The Bertz CT molecular complexity index is 211. The van der Waals surface area contributed by atoms with E-state index in [0.717, 1.165) is 0 Å². The molecule has 0 amide bonds. The fourth-order valence-corrected chi connectivity index (χ4v) is 0.937. The van der Waals surface area contributed by atoms with Gasteiger partial charge in [0, 0.05) is 18.4 Å². The van der Waals surface area contributed by atoms with Crippen molar-refractivity contribution in [3.05, 3.63) is 35.0 Å². The van der Waals surface area contributed by atoms with E-state index in [1.165, 1.54) is 13.2 Å². The molecule has 0 aromatic heterocycles. The van der Waals surface area contributed by atoms with Crippen molar-refractivity contribution in [3.8, 4) is 0 Å². The summed E-state index contributed by atoms with van der Waals surface area (Å²) >= 11 is 3.07. The maximum Gasteiger partial charge on any atom is 0.182 e. The number of methoxy groups -OCH3 is 1. The molecule has 3 nitrogen and oxygen atoms in total. The fourth-order valence-electron chi connectivity index (χ4n) is 0.652. The molecular weight excluding hydrogens is 222 g/mol. The molecule has 4 heteroatoms. The summed E-state index contributed by atoms with van der Waals surface area (Å²) in [7, 11) is 1.39. The minimum absolute atomic E-state index is 0.413. The minimum atomic E-state index is -1.02. The van der Waals surface area contributed by atoms with E-state index in [2.05, 4.69) is 27.2 Å². The lowest BCUT2D eigenvalue weighted by molar-refractivity contribution is -0.0425. The van der Waals surface area contributed by atoms with Crippen molar-refractivity contribution in [1.29, 1.82) is 0 Å². The molecule has 1 unspecified atom stereocenters. The van der Waals surface area contributed by atoms with Crippen LogP contribution in [0.3, 0.4) is 0 Å². The number of rotatable bonds is 4. The number of aliphatic hydroxyl groups excluding tert-OH is 1. The first-order valence-electron chi connectivity index (χ1n) is 3.27. The molecule has 0 fully saturated rings. The van der Waals surface area contributed by atoms with Crippen molar-refractivity contribution in [2.45, 2.75) is 6.29 Å². The molecule has 0 aromatic carbocycles. The summed E-state index contributed by atoms with van der Waals surface area (Å²) in [6, 6.07) is 0. The Morgan fingerprint density at radius 2 is 2.33 bits per heavy atom. The third kappa shape index (κ3) is 3.21. The molecule has 0 heterocycles. The van der Waals surface area contributed by atoms with Gasteiger partial charge in [0.25, 0.3) is 0 Å². The Balaban J connectivity index is 4.71. The molecule has 0 aliphatic heterocycles. The van der Waals surface area contributed by atoms with E-state index in [-0.39, 0.29) is 0 Å². The van der Waals surface area contributed by atoms with E-state index in [9.17, 15) is 5.11 Å². The number of allylic oxidation sites excluding steroid dienone is 1. The molecule has 0 rings (SSSR count). The van der Waals surface area contributed by atoms with E-state index in [0.29, 0.717) is 11.3 Å². The monoisotopic (exact) mass is 233 g/mol. The zero-order valence-corrected chi connectivity index (χ0v) is 8.41. The highest BCUT2D eigenvalue weighted by atomic mass is 79.9. The molecule has 0 aromatic rings. The van der Waals surface area contributed by atoms with Gasteiger partial charge in [-0.05, 0) is 11.1 Å². The maximum absolute atomic E-state index is 9.23. The van der Waals surface area contributed by atoms with Crippen LogP contribution in [-0.4, -0.2) is 18.5 Å². The summed E-state index contributed by atoms with van der Waals surface area (Å²) in [4.78, 5) is 1.59. The van der Waals surface area contributed by atoms with Crippen LogP contribution in [0.5, 0.6) is 0 Å². The smallest absolute Gasteiger partial charge is 0.182 e. The van der Waals surface area contributed by atoms with Crippen molar-refractivity contribution in [1.82, 2.24) is 0 Å². The Hall–Kier alpha value is -0.580. The first-order chi connectivity index (χ1) is 5.67.